The van der Waals surface area contributed by atoms with Crippen molar-refractivity contribution in [3.05, 3.63) is 29.8 Å². The van der Waals surface area contributed by atoms with Gasteiger partial charge < -0.3 is 10.4 Å². The minimum absolute atomic E-state index is 0.357. The van der Waals surface area contributed by atoms with Crippen LogP contribution in [0.25, 0.3) is 0 Å². The van der Waals surface area contributed by atoms with E-state index in [9.17, 15) is 5.11 Å². The van der Waals surface area contributed by atoms with E-state index in [1.54, 1.807) is 12.1 Å². The molecule has 1 saturated carbocycles. The molecule has 3 atom stereocenters. The molecule has 1 aliphatic carbocycles. The summed E-state index contributed by atoms with van der Waals surface area (Å²) in [6, 6.07) is 9.02. The van der Waals surface area contributed by atoms with Crippen molar-refractivity contribution >= 4 is 0 Å². The highest BCUT2D eigenvalue weighted by Gasteiger charge is 2.39. The van der Waals surface area contributed by atoms with Gasteiger partial charge in [0.25, 0.3) is 0 Å². The Morgan fingerprint density at radius 1 is 1.29 bits per heavy atom. The van der Waals surface area contributed by atoms with E-state index in [-0.39, 0.29) is 0 Å². The van der Waals surface area contributed by atoms with Crippen LogP contribution in [0, 0.1) is 11.8 Å². The lowest BCUT2D eigenvalue weighted by molar-refractivity contribution is 0.0891. The predicted molar refractivity (Wildman–Crippen MR) is 86.3 cm³/mol. The predicted octanol–water partition coefficient (Wildman–Crippen LogP) is 2.99. The monoisotopic (exact) mass is 288 g/mol. The Balaban J connectivity index is 1.69. The molecular weight excluding hydrogens is 260 g/mol. The summed E-state index contributed by atoms with van der Waals surface area (Å²) in [5.41, 5.74) is 1.31. The normalized spacial score (nSPS) is 28.5. The van der Waals surface area contributed by atoms with Gasteiger partial charge in [0.1, 0.15) is 5.75 Å². The molecule has 3 nitrogen and oxygen atoms in total. The fraction of sp³-hybridized carbons (Fsp3) is 0.667. The topological polar surface area (TPSA) is 35.5 Å². The third-order valence-electron chi connectivity index (χ3n) is 5.31. The van der Waals surface area contributed by atoms with E-state index in [0.717, 1.165) is 31.5 Å². The quantitative estimate of drug-likeness (QED) is 0.874. The van der Waals surface area contributed by atoms with Gasteiger partial charge in [0.15, 0.2) is 0 Å². The molecule has 1 aliphatic heterocycles. The van der Waals surface area contributed by atoms with Gasteiger partial charge in [-0.1, -0.05) is 32.4 Å². The van der Waals surface area contributed by atoms with Crippen LogP contribution in [0.2, 0.25) is 0 Å². The van der Waals surface area contributed by atoms with Crippen molar-refractivity contribution in [2.24, 2.45) is 11.8 Å². The number of nitrogens with one attached hydrogen (secondary N) is 1. The first-order valence-electron chi connectivity index (χ1n) is 8.42. The first-order chi connectivity index (χ1) is 10.2. The molecule has 2 N–H and O–H groups in total. The molecule has 0 amide bonds. The van der Waals surface area contributed by atoms with Gasteiger partial charge in [-0.2, -0.15) is 0 Å². The zero-order valence-corrected chi connectivity index (χ0v) is 13.3. The average Bonchev–Trinajstić information content (AvgIpc) is 3.33. The molecule has 1 aromatic rings. The van der Waals surface area contributed by atoms with E-state index >= 15 is 0 Å². The van der Waals surface area contributed by atoms with E-state index in [1.807, 2.05) is 0 Å². The van der Waals surface area contributed by atoms with E-state index in [1.165, 1.54) is 24.8 Å². The third kappa shape index (κ3) is 3.58. The fourth-order valence-electron chi connectivity index (χ4n) is 3.48. The van der Waals surface area contributed by atoms with Crippen LogP contribution in [0.4, 0.5) is 0 Å². The molecule has 2 fully saturated rings. The number of phenols is 1. The van der Waals surface area contributed by atoms with Crippen molar-refractivity contribution in [2.45, 2.75) is 51.7 Å². The van der Waals surface area contributed by atoms with Crippen molar-refractivity contribution < 1.29 is 5.11 Å². The zero-order chi connectivity index (χ0) is 14.8. The number of nitrogens with zero attached hydrogens (tertiary/aromatic N) is 1. The maximum atomic E-state index is 9.44. The molecule has 1 heterocycles. The van der Waals surface area contributed by atoms with E-state index in [2.05, 4.69) is 36.2 Å². The maximum absolute atomic E-state index is 9.44. The molecule has 3 heteroatoms. The molecule has 1 aromatic carbocycles. The lowest BCUT2D eigenvalue weighted by atomic mass is 9.94. The van der Waals surface area contributed by atoms with Gasteiger partial charge in [-0.25, -0.2) is 0 Å². The van der Waals surface area contributed by atoms with Crippen LogP contribution >= 0.6 is 0 Å². The number of benzene rings is 1. The molecule has 0 spiro atoms. The fourth-order valence-corrected chi connectivity index (χ4v) is 3.48. The summed E-state index contributed by atoms with van der Waals surface area (Å²) < 4.78 is 0. The van der Waals surface area contributed by atoms with Gasteiger partial charge >= 0.3 is 0 Å². The SMILES string of the molecule is CCC(C)C1CN(Cc2ccc(O)cc2)C(C2CC2)CN1. The number of aromatic hydroxyl groups is 1. The Labute approximate surface area is 128 Å². The third-order valence-corrected chi connectivity index (χ3v) is 5.31. The van der Waals surface area contributed by atoms with Crippen molar-refractivity contribution in [3.63, 3.8) is 0 Å². The lowest BCUT2D eigenvalue weighted by Crippen LogP contribution is -2.58. The Kier molecular flexibility index (Phi) is 4.51. The van der Waals surface area contributed by atoms with Crippen molar-refractivity contribution in [3.8, 4) is 5.75 Å². The number of piperazine rings is 1. The number of hydrogen-bond acceptors (Lipinski definition) is 3. The summed E-state index contributed by atoms with van der Waals surface area (Å²) in [4.78, 5) is 2.68. The largest absolute Gasteiger partial charge is 0.508 e. The molecule has 21 heavy (non-hydrogen) atoms. The molecule has 2 aliphatic rings. The minimum Gasteiger partial charge on any atom is -0.508 e. The Morgan fingerprint density at radius 3 is 2.62 bits per heavy atom. The zero-order valence-electron chi connectivity index (χ0n) is 13.3. The molecule has 0 aromatic heterocycles. The van der Waals surface area contributed by atoms with Gasteiger partial charge in [-0.3, -0.25) is 4.90 Å². The Morgan fingerprint density at radius 2 is 2.00 bits per heavy atom. The van der Waals surface area contributed by atoms with Crippen LogP contribution in [-0.4, -0.2) is 35.2 Å². The molecule has 3 rings (SSSR count). The molecule has 1 saturated heterocycles. The second kappa shape index (κ2) is 6.37. The van der Waals surface area contributed by atoms with E-state index in [0.29, 0.717) is 17.8 Å². The van der Waals surface area contributed by atoms with Crippen LogP contribution < -0.4 is 5.32 Å². The molecule has 0 bridgehead atoms. The number of phenolic OH excluding ortho intramolecular Hbond substituents is 1. The molecule has 3 unspecified atom stereocenters. The van der Waals surface area contributed by atoms with Gasteiger partial charge in [-0.05, 0) is 42.4 Å². The van der Waals surface area contributed by atoms with Crippen LogP contribution in [0.1, 0.15) is 38.7 Å². The summed E-state index contributed by atoms with van der Waals surface area (Å²) in [5.74, 6) is 1.98. The lowest BCUT2D eigenvalue weighted by Gasteiger charge is -2.42. The highest BCUT2D eigenvalue weighted by atomic mass is 16.3. The summed E-state index contributed by atoms with van der Waals surface area (Å²) in [7, 11) is 0. The second-order valence-electron chi connectivity index (χ2n) is 6.90. The van der Waals surface area contributed by atoms with Gasteiger partial charge in [0, 0.05) is 31.7 Å². The summed E-state index contributed by atoms with van der Waals surface area (Å²) in [5, 5.41) is 13.2. The number of rotatable bonds is 5. The van der Waals surface area contributed by atoms with Crippen molar-refractivity contribution in [1.82, 2.24) is 10.2 Å². The molecular formula is C18H28N2O. The van der Waals surface area contributed by atoms with Gasteiger partial charge in [0.2, 0.25) is 0 Å². The van der Waals surface area contributed by atoms with Crippen LogP contribution in [0.5, 0.6) is 5.75 Å². The summed E-state index contributed by atoms with van der Waals surface area (Å²) >= 11 is 0. The summed E-state index contributed by atoms with van der Waals surface area (Å²) in [6.45, 7) is 7.93. The van der Waals surface area contributed by atoms with Crippen molar-refractivity contribution in [1.29, 1.82) is 0 Å². The average molecular weight is 288 g/mol. The number of hydrogen-bond donors (Lipinski definition) is 2. The van der Waals surface area contributed by atoms with Gasteiger partial charge in [-0.15, -0.1) is 0 Å². The first kappa shape index (κ1) is 14.9. The van der Waals surface area contributed by atoms with Crippen LogP contribution in [0.3, 0.4) is 0 Å². The van der Waals surface area contributed by atoms with Crippen molar-refractivity contribution in [2.75, 3.05) is 13.1 Å². The van der Waals surface area contributed by atoms with Gasteiger partial charge in [0.05, 0.1) is 0 Å². The molecule has 0 radical (unpaired) electrons. The van der Waals surface area contributed by atoms with Crippen LogP contribution in [-0.2, 0) is 6.54 Å². The summed E-state index contributed by atoms with van der Waals surface area (Å²) in [6.07, 6.45) is 4.03. The van der Waals surface area contributed by atoms with E-state index < -0.39 is 0 Å². The smallest absolute Gasteiger partial charge is 0.115 e. The Hall–Kier alpha value is -1.06. The van der Waals surface area contributed by atoms with Crippen LogP contribution in [0.15, 0.2) is 24.3 Å². The standard InChI is InChI=1S/C18H28N2O/c1-3-13(2)17-12-20(18(10-19-17)15-6-7-15)11-14-4-8-16(21)9-5-14/h4-5,8-9,13,15,17-19,21H,3,6-7,10-12H2,1-2H3. The first-order valence-corrected chi connectivity index (χ1v) is 8.42. The second-order valence-corrected chi connectivity index (χ2v) is 6.90. The highest BCUT2D eigenvalue weighted by Crippen LogP contribution is 2.37. The Bertz CT molecular complexity index is 455. The molecule has 116 valence electrons. The minimum atomic E-state index is 0.357. The highest BCUT2D eigenvalue weighted by molar-refractivity contribution is 5.26. The maximum Gasteiger partial charge on any atom is 0.115 e. The van der Waals surface area contributed by atoms with E-state index in [4.69, 9.17) is 0 Å².